The molecule has 0 aliphatic carbocycles. The van der Waals surface area contributed by atoms with E-state index in [2.05, 4.69) is 39.0 Å². The molecule has 140 valence electrons. The van der Waals surface area contributed by atoms with E-state index < -0.39 is 11.9 Å². The summed E-state index contributed by atoms with van der Waals surface area (Å²) in [6, 6.07) is 12.4. The molecule has 8 heteroatoms. The fourth-order valence-electron chi connectivity index (χ4n) is 2.43. The molecule has 2 aromatic rings. The molecule has 2 N–H and O–H groups in total. The largest absolute Gasteiger partial charge is 0.491 e. The Labute approximate surface area is 159 Å². The lowest BCUT2D eigenvalue weighted by molar-refractivity contribution is -0.159. The summed E-state index contributed by atoms with van der Waals surface area (Å²) in [6.07, 6.45) is 0. The van der Waals surface area contributed by atoms with Crippen LogP contribution in [0, 0.1) is 0 Å². The maximum Gasteiger partial charge on any atom is 0.414 e. The molecule has 2 aromatic carbocycles. The summed E-state index contributed by atoms with van der Waals surface area (Å²) in [5.41, 5.74) is 0. The van der Waals surface area contributed by atoms with Crippen molar-refractivity contribution in [2.24, 2.45) is 0 Å². The molecule has 1 saturated heterocycles. The Kier molecular flexibility index (Phi) is 7.83. The Bertz CT molecular complexity index is 748. The zero-order valence-electron chi connectivity index (χ0n) is 14.1. The second-order valence-electron chi connectivity index (χ2n) is 5.51. The van der Waals surface area contributed by atoms with E-state index in [1.807, 2.05) is 18.2 Å². The third-order valence-corrected chi connectivity index (χ3v) is 4.60. The standard InChI is InChI=1S/C16H18BrNO2.C2H2O4/c17-16-14-4-2-1-3-13(14)5-6-15(16)20-12-9-18-7-10-19-11-8-18;3-1(4)2(5)6/h1-6H,7-12H2;(H,3,4)(H,5,6). The van der Waals surface area contributed by atoms with Crippen molar-refractivity contribution in [3.8, 4) is 5.75 Å². The average Bonchev–Trinajstić information content (AvgIpc) is 2.65. The molecule has 7 nitrogen and oxygen atoms in total. The minimum atomic E-state index is -1.82. The predicted molar refractivity (Wildman–Crippen MR) is 99.7 cm³/mol. The average molecular weight is 426 g/mol. The first-order chi connectivity index (χ1) is 12.5. The van der Waals surface area contributed by atoms with Gasteiger partial charge in [-0.3, -0.25) is 4.90 Å². The van der Waals surface area contributed by atoms with Crippen LogP contribution in [0.4, 0.5) is 0 Å². The number of carboxylic acid groups (broad SMARTS) is 2. The molecule has 3 rings (SSSR count). The zero-order valence-corrected chi connectivity index (χ0v) is 15.6. The predicted octanol–water partition coefficient (Wildman–Crippen LogP) is 2.47. The minimum absolute atomic E-state index is 0.705. The van der Waals surface area contributed by atoms with Crippen molar-refractivity contribution >= 4 is 38.6 Å². The van der Waals surface area contributed by atoms with Gasteiger partial charge in [-0.1, -0.05) is 30.3 Å². The SMILES string of the molecule is Brc1c(OCCN2CCOCC2)ccc2ccccc12.O=C(O)C(=O)O. The highest BCUT2D eigenvalue weighted by atomic mass is 79.9. The van der Waals surface area contributed by atoms with Crippen LogP contribution in [-0.4, -0.2) is 66.5 Å². The van der Waals surface area contributed by atoms with Crippen molar-refractivity contribution in [3.05, 3.63) is 40.9 Å². The molecule has 1 aliphatic heterocycles. The molecule has 0 radical (unpaired) electrons. The number of ether oxygens (including phenoxy) is 2. The van der Waals surface area contributed by atoms with Gasteiger partial charge in [-0.2, -0.15) is 0 Å². The maximum absolute atomic E-state index is 9.10. The van der Waals surface area contributed by atoms with E-state index in [-0.39, 0.29) is 0 Å². The summed E-state index contributed by atoms with van der Waals surface area (Å²) in [5, 5.41) is 17.2. The van der Waals surface area contributed by atoms with Crippen molar-refractivity contribution in [1.29, 1.82) is 0 Å². The molecule has 0 amide bonds. The number of fused-ring (bicyclic) bond motifs is 1. The van der Waals surface area contributed by atoms with Gasteiger partial charge in [0.25, 0.3) is 0 Å². The number of hydrogen-bond acceptors (Lipinski definition) is 5. The highest BCUT2D eigenvalue weighted by molar-refractivity contribution is 9.10. The van der Waals surface area contributed by atoms with Crippen LogP contribution < -0.4 is 4.74 Å². The molecular weight excluding hydrogens is 406 g/mol. The van der Waals surface area contributed by atoms with E-state index >= 15 is 0 Å². The number of morpholine rings is 1. The topological polar surface area (TPSA) is 96.3 Å². The summed E-state index contributed by atoms with van der Waals surface area (Å²) in [6.45, 7) is 5.32. The van der Waals surface area contributed by atoms with Crippen LogP contribution in [0.5, 0.6) is 5.75 Å². The molecule has 0 spiro atoms. The molecule has 1 fully saturated rings. The van der Waals surface area contributed by atoms with E-state index in [1.54, 1.807) is 0 Å². The van der Waals surface area contributed by atoms with Crippen molar-refractivity contribution in [3.63, 3.8) is 0 Å². The van der Waals surface area contributed by atoms with E-state index in [4.69, 9.17) is 29.3 Å². The molecule has 0 atom stereocenters. The van der Waals surface area contributed by atoms with Gasteiger partial charge < -0.3 is 19.7 Å². The number of halogens is 1. The third kappa shape index (κ3) is 5.98. The van der Waals surface area contributed by atoms with E-state index in [0.29, 0.717) is 6.61 Å². The van der Waals surface area contributed by atoms with Crippen LogP contribution in [0.3, 0.4) is 0 Å². The van der Waals surface area contributed by atoms with Crippen LogP contribution in [0.15, 0.2) is 40.9 Å². The van der Waals surface area contributed by atoms with E-state index in [9.17, 15) is 0 Å². The van der Waals surface area contributed by atoms with Gasteiger partial charge in [0.2, 0.25) is 0 Å². The van der Waals surface area contributed by atoms with Crippen LogP contribution in [0.1, 0.15) is 0 Å². The quantitative estimate of drug-likeness (QED) is 0.726. The summed E-state index contributed by atoms with van der Waals surface area (Å²) in [4.78, 5) is 20.6. The first kappa shape index (κ1) is 20.2. The summed E-state index contributed by atoms with van der Waals surface area (Å²) in [7, 11) is 0. The number of benzene rings is 2. The lowest BCUT2D eigenvalue weighted by Gasteiger charge is -2.26. The lowest BCUT2D eigenvalue weighted by atomic mass is 10.1. The normalized spacial score (nSPS) is 14.3. The van der Waals surface area contributed by atoms with Gasteiger partial charge in [-0.05, 0) is 32.8 Å². The highest BCUT2D eigenvalue weighted by Gasteiger charge is 2.11. The monoisotopic (exact) mass is 425 g/mol. The smallest absolute Gasteiger partial charge is 0.414 e. The Morgan fingerprint density at radius 3 is 2.38 bits per heavy atom. The molecule has 0 bridgehead atoms. The first-order valence-electron chi connectivity index (χ1n) is 8.05. The Hall–Kier alpha value is -2.16. The number of carbonyl (C=O) groups is 2. The highest BCUT2D eigenvalue weighted by Crippen LogP contribution is 2.32. The summed E-state index contributed by atoms with van der Waals surface area (Å²) >= 11 is 3.65. The second-order valence-corrected chi connectivity index (χ2v) is 6.30. The van der Waals surface area contributed by atoms with Gasteiger partial charge in [-0.25, -0.2) is 9.59 Å². The Morgan fingerprint density at radius 2 is 1.73 bits per heavy atom. The van der Waals surface area contributed by atoms with Gasteiger partial charge >= 0.3 is 11.9 Å². The fraction of sp³-hybridized carbons (Fsp3) is 0.333. The molecule has 0 aromatic heterocycles. The molecule has 0 saturated carbocycles. The lowest BCUT2D eigenvalue weighted by Crippen LogP contribution is -2.38. The summed E-state index contributed by atoms with van der Waals surface area (Å²) in [5.74, 6) is -2.73. The van der Waals surface area contributed by atoms with Crippen LogP contribution in [0.2, 0.25) is 0 Å². The zero-order chi connectivity index (χ0) is 18.9. The molecule has 1 heterocycles. The number of rotatable bonds is 4. The van der Waals surface area contributed by atoms with Gasteiger partial charge in [0.05, 0.1) is 17.7 Å². The minimum Gasteiger partial charge on any atom is -0.491 e. The van der Waals surface area contributed by atoms with Crippen molar-refractivity contribution < 1.29 is 29.3 Å². The van der Waals surface area contributed by atoms with Gasteiger partial charge in [0.1, 0.15) is 12.4 Å². The Balaban J connectivity index is 0.000000352. The number of carboxylic acids is 2. The fourth-order valence-corrected chi connectivity index (χ4v) is 3.04. The van der Waals surface area contributed by atoms with Crippen molar-refractivity contribution in [2.75, 3.05) is 39.5 Å². The first-order valence-corrected chi connectivity index (χ1v) is 8.84. The van der Waals surface area contributed by atoms with Gasteiger partial charge in [0.15, 0.2) is 0 Å². The number of nitrogens with zero attached hydrogens (tertiary/aromatic N) is 1. The molecular formula is C18H20BrNO6. The van der Waals surface area contributed by atoms with Gasteiger partial charge in [-0.15, -0.1) is 0 Å². The Morgan fingerprint density at radius 1 is 1.08 bits per heavy atom. The number of hydrogen-bond donors (Lipinski definition) is 2. The summed E-state index contributed by atoms with van der Waals surface area (Å²) < 4.78 is 12.3. The van der Waals surface area contributed by atoms with E-state index in [0.717, 1.165) is 43.1 Å². The van der Waals surface area contributed by atoms with Crippen LogP contribution in [0.25, 0.3) is 10.8 Å². The van der Waals surface area contributed by atoms with Gasteiger partial charge in [0, 0.05) is 19.6 Å². The van der Waals surface area contributed by atoms with Crippen molar-refractivity contribution in [1.82, 2.24) is 4.90 Å². The van der Waals surface area contributed by atoms with E-state index in [1.165, 1.54) is 10.8 Å². The maximum atomic E-state index is 9.10. The van der Waals surface area contributed by atoms with Crippen LogP contribution >= 0.6 is 15.9 Å². The third-order valence-electron chi connectivity index (χ3n) is 3.78. The molecule has 26 heavy (non-hydrogen) atoms. The van der Waals surface area contributed by atoms with Crippen molar-refractivity contribution in [2.45, 2.75) is 0 Å². The molecule has 0 unspecified atom stereocenters. The second kappa shape index (κ2) is 10.1. The molecule has 1 aliphatic rings. The van der Waals surface area contributed by atoms with Crippen LogP contribution in [-0.2, 0) is 14.3 Å². The number of aliphatic carboxylic acids is 2.